The van der Waals surface area contributed by atoms with Crippen molar-refractivity contribution >= 4 is 12.1 Å². The molecule has 1 amide bonds. The Morgan fingerprint density at radius 1 is 1.24 bits per heavy atom. The molecule has 0 heterocycles. The molecule has 1 rings (SSSR count). The molecule has 0 spiro atoms. The third kappa shape index (κ3) is 8.91. The zero-order valence-electron chi connectivity index (χ0n) is 15.0. The maximum Gasteiger partial charge on any atom is 0.408 e. The van der Waals surface area contributed by atoms with Crippen molar-refractivity contribution in [3.63, 3.8) is 0 Å². The van der Waals surface area contributed by atoms with Gasteiger partial charge in [-0.3, -0.25) is 0 Å². The number of alkyl carbamates (subject to hydrolysis) is 1. The van der Waals surface area contributed by atoms with E-state index in [0.29, 0.717) is 0 Å². The second-order valence-electron chi connectivity index (χ2n) is 6.67. The van der Waals surface area contributed by atoms with E-state index in [1.807, 2.05) is 30.3 Å². The average Bonchev–Trinajstić information content (AvgIpc) is 2.55. The van der Waals surface area contributed by atoms with Crippen molar-refractivity contribution in [2.24, 2.45) is 0 Å². The number of benzene rings is 1. The first-order valence-electron chi connectivity index (χ1n) is 8.22. The molecule has 138 valence electrons. The van der Waals surface area contributed by atoms with Crippen LogP contribution in [0.4, 0.5) is 4.79 Å². The summed E-state index contributed by atoms with van der Waals surface area (Å²) in [6.07, 6.45) is 0.386. The van der Waals surface area contributed by atoms with Crippen LogP contribution in [0.15, 0.2) is 43.0 Å². The molecular weight excluding hydrogens is 322 g/mol. The largest absolute Gasteiger partial charge is 0.459 e. The third-order valence-electron chi connectivity index (χ3n) is 3.22. The van der Waals surface area contributed by atoms with E-state index in [1.165, 1.54) is 6.08 Å². The number of hydrogen-bond acceptors (Lipinski definition) is 5. The van der Waals surface area contributed by atoms with Crippen LogP contribution < -0.4 is 5.32 Å². The fourth-order valence-electron chi connectivity index (χ4n) is 1.98. The smallest absolute Gasteiger partial charge is 0.408 e. The standard InChI is InChI=1S/C19H27NO5/c1-5-15(21)11-12-16(20-18(23)25-19(2,3)4)17(22)24-13-14-9-7-6-8-10-14/h5-10,15-16,21H,1,11-13H2,2-4H3,(H,20,23). The Hall–Kier alpha value is -2.34. The van der Waals surface area contributed by atoms with Crippen molar-refractivity contribution in [3.8, 4) is 0 Å². The summed E-state index contributed by atoms with van der Waals surface area (Å²) < 4.78 is 10.4. The molecule has 0 saturated carbocycles. The second-order valence-corrected chi connectivity index (χ2v) is 6.67. The van der Waals surface area contributed by atoms with Gasteiger partial charge in [-0.15, -0.1) is 6.58 Å². The molecule has 1 aromatic rings. The van der Waals surface area contributed by atoms with Crippen LogP contribution in [-0.2, 0) is 20.9 Å². The van der Waals surface area contributed by atoms with E-state index in [9.17, 15) is 14.7 Å². The van der Waals surface area contributed by atoms with Crippen molar-refractivity contribution in [1.29, 1.82) is 0 Å². The summed E-state index contributed by atoms with van der Waals surface area (Å²) in [4.78, 5) is 24.3. The topological polar surface area (TPSA) is 84.9 Å². The van der Waals surface area contributed by atoms with Gasteiger partial charge in [0.2, 0.25) is 0 Å². The highest BCUT2D eigenvalue weighted by Crippen LogP contribution is 2.10. The number of hydrogen-bond donors (Lipinski definition) is 2. The summed E-state index contributed by atoms with van der Waals surface area (Å²) in [6, 6.07) is 8.33. The van der Waals surface area contributed by atoms with Gasteiger partial charge in [0.25, 0.3) is 0 Å². The molecule has 0 saturated heterocycles. The summed E-state index contributed by atoms with van der Waals surface area (Å²) in [7, 11) is 0. The predicted molar refractivity (Wildman–Crippen MR) is 94.8 cm³/mol. The summed E-state index contributed by atoms with van der Waals surface area (Å²) in [6.45, 7) is 8.80. The summed E-state index contributed by atoms with van der Waals surface area (Å²) in [5, 5.41) is 12.1. The molecule has 0 aliphatic carbocycles. The number of ether oxygens (including phenoxy) is 2. The van der Waals surface area contributed by atoms with Crippen molar-refractivity contribution < 1.29 is 24.2 Å². The maximum atomic E-state index is 12.3. The lowest BCUT2D eigenvalue weighted by Gasteiger charge is -2.23. The van der Waals surface area contributed by atoms with Crippen molar-refractivity contribution in [2.45, 2.75) is 58.0 Å². The summed E-state index contributed by atoms with van der Waals surface area (Å²) in [5.41, 5.74) is 0.168. The van der Waals surface area contributed by atoms with E-state index in [1.54, 1.807) is 20.8 Å². The Morgan fingerprint density at radius 2 is 1.88 bits per heavy atom. The Morgan fingerprint density at radius 3 is 2.44 bits per heavy atom. The number of carbonyl (C=O) groups is 2. The number of rotatable bonds is 8. The number of aliphatic hydroxyl groups excluding tert-OH is 1. The lowest BCUT2D eigenvalue weighted by atomic mass is 10.1. The van der Waals surface area contributed by atoms with E-state index in [2.05, 4.69) is 11.9 Å². The van der Waals surface area contributed by atoms with Gasteiger partial charge >= 0.3 is 12.1 Å². The number of aliphatic hydroxyl groups is 1. The first-order valence-corrected chi connectivity index (χ1v) is 8.22. The molecule has 0 bridgehead atoms. The molecule has 0 aliphatic rings. The highest BCUT2D eigenvalue weighted by atomic mass is 16.6. The van der Waals surface area contributed by atoms with E-state index in [4.69, 9.17) is 9.47 Å². The Labute approximate surface area is 148 Å². The van der Waals surface area contributed by atoms with Crippen LogP contribution in [0.3, 0.4) is 0 Å². The van der Waals surface area contributed by atoms with Crippen molar-refractivity contribution in [3.05, 3.63) is 48.6 Å². The monoisotopic (exact) mass is 349 g/mol. The quantitative estimate of drug-likeness (QED) is 0.557. The van der Waals surface area contributed by atoms with Gasteiger partial charge in [0.1, 0.15) is 18.2 Å². The van der Waals surface area contributed by atoms with Gasteiger partial charge < -0.3 is 19.9 Å². The zero-order chi connectivity index (χ0) is 18.9. The molecule has 2 N–H and O–H groups in total. The van der Waals surface area contributed by atoms with Crippen LogP contribution >= 0.6 is 0 Å². The average molecular weight is 349 g/mol. The normalized spacial score (nSPS) is 13.4. The van der Waals surface area contributed by atoms with Crippen LogP contribution in [0.5, 0.6) is 0 Å². The summed E-state index contributed by atoms with van der Waals surface area (Å²) in [5.74, 6) is -0.578. The van der Waals surface area contributed by atoms with Crippen LogP contribution in [0, 0.1) is 0 Å². The molecule has 6 heteroatoms. The van der Waals surface area contributed by atoms with E-state index in [0.717, 1.165) is 5.56 Å². The van der Waals surface area contributed by atoms with Gasteiger partial charge in [0, 0.05) is 0 Å². The molecule has 1 aromatic carbocycles. The Balaban J connectivity index is 2.66. The van der Waals surface area contributed by atoms with Crippen LogP contribution in [0.25, 0.3) is 0 Å². The molecule has 25 heavy (non-hydrogen) atoms. The van der Waals surface area contributed by atoms with E-state index >= 15 is 0 Å². The van der Waals surface area contributed by atoms with Gasteiger partial charge in [0.15, 0.2) is 0 Å². The fraction of sp³-hybridized carbons (Fsp3) is 0.474. The van der Waals surface area contributed by atoms with Crippen molar-refractivity contribution in [1.82, 2.24) is 5.32 Å². The van der Waals surface area contributed by atoms with E-state index in [-0.39, 0.29) is 19.4 Å². The number of nitrogens with one attached hydrogen (secondary N) is 1. The Bertz CT molecular complexity index is 565. The molecule has 2 atom stereocenters. The fourth-order valence-corrected chi connectivity index (χ4v) is 1.98. The predicted octanol–water partition coefficient (Wildman–Crippen LogP) is 2.95. The minimum Gasteiger partial charge on any atom is -0.459 e. The zero-order valence-corrected chi connectivity index (χ0v) is 15.0. The number of amides is 1. The minimum atomic E-state index is -0.909. The summed E-state index contributed by atoms with van der Waals surface area (Å²) >= 11 is 0. The molecule has 6 nitrogen and oxygen atoms in total. The minimum absolute atomic E-state index is 0.107. The second kappa shape index (κ2) is 9.84. The third-order valence-corrected chi connectivity index (χ3v) is 3.22. The molecular formula is C19H27NO5. The van der Waals surface area contributed by atoms with Gasteiger partial charge in [-0.25, -0.2) is 9.59 Å². The Kier molecular flexibility index (Phi) is 8.15. The van der Waals surface area contributed by atoms with Gasteiger partial charge in [0.05, 0.1) is 6.10 Å². The van der Waals surface area contributed by atoms with Gasteiger partial charge in [-0.05, 0) is 39.2 Å². The SMILES string of the molecule is C=CC(O)CCC(NC(=O)OC(C)(C)C)C(=O)OCc1ccccc1. The highest BCUT2D eigenvalue weighted by molar-refractivity contribution is 5.81. The van der Waals surface area contributed by atoms with Gasteiger partial charge in [-0.2, -0.15) is 0 Å². The van der Waals surface area contributed by atoms with Crippen molar-refractivity contribution in [2.75, 3.05) is 0 Å². The van der Waals surface area contributed by atoms with Crippen LogP contribution in [0.2, 0.25) is 0 Å². The van der Waals surface area contributed by atoms with Crippen LogP contribution in [-0.4, -0.2) is 34.9 Å². The number of esters is 1. The highest BCUT2D eigenvalue weighted by Gasteiger charge is 2.26. The van der Waals surface area contributed by atoms with E-state index < -0.39 is 29.8 Å². The number of carbonyl (C=O) groups excluding carboxylic acids is 2. The molecule has 0 radical (unpaired) electrons. The first kappa shape index (κ1) is 20.7. The maximum absolute atomic E-state index is 12.3. The molecule has 0 aliphatic heterocycles. The lowest BCUT2D eigenvalue weighted by molar-refractivity contribution is -0.147. The molecule has 2 unspecified atom stereocenters. The van der Waals surface area contributed by atoms with Gasteiger partial charge in [-0.1, -0.05) is 36.4 Å². The first-order chi connectivity index (χ1) is 11.7. The van der Waals surface area contributed by atoms with Crippen LogP contribution in [0.1, 0.15) is 39.2 Å². The lowest BCUT2D eigenvalue weighted by Crippen LogP contribution is -2.44. The molecule has 0 fully saturated rings. The molecule has 0 aromatic heterocycles.